The summed E-state index contributed by atoms with van der Waals surface area (Å²) < 4.78 is 31.3. The number of sulfone groups is 1. The van der Waals surface area contributed by atoms with E-state index in [9.17, 15) is 18.5 Å². The first-order valence-corrected chi connectivity index (χ1v) is 9.47. The van der Waals surface area contributed by atoms with Crippen LogP contribution >= 0.6 is 0 Å². The summed E-state index contributed by atoms with van der Waals surface area (Å²) >= 11 is 0. The smallest absolute Gasteiger partial charge is 0.328 e. The lowest BCUT2D eigenvalue weighted by Crippen LogP contribution is -2.25. The predicted molar refractivity (Wildman–Crippen MR) is 91.3 cm³/mol. The van der Waals surface area contributed by atoms with E-state index in [1.165, 1.54) is 12.1 Å². The summed E-state index contributed by atoms with van der Waals surface area (Å²) in [5.74, 6) is -1.53. The van der Waals surface area contributed by atoms with Gasteiger partial charge in [0.25, 0.3) is 0 Å². The van der Waals surface area contributed by atoms with Gasteiger partial charge in [0.2, 0.25) is 0 Å². The van der Waals surface area contributed by atoms with E-state index in [1.54, 1.807) is 55.5 Å². The highest BCUT2D eigenvalue weighted by atomic mass is 32.2. The summed E-state index contributed by atoms with van der Waals surface area (Å²) in [6.07, 6.45) is 0. The van der Waals surface area contributed by atoms with Crippen LogP contribution in [0.25, 0.3) is 0 Å². The Morgan fingerprint density at radius 1 is 1.12 bits per heavy atom. The van der Waals surface area contributed by atoms with Gasteiger partial charge in [-0.1, -0.05) is 48.5 Å². The molecule has 1 aliphatic carbocycles. The van der Waals surface area contributed by atoms with Crippen molar-refractivity contribution < 1.29 is 17.9 Å². The van der Waals surface area contributed by atoms with Gasteiger partial charge in [0, 0.05) is 5.92 Å². The maximum Gasteiger partial charge on any atom is 0.328 e. The van der Waals surface area contributed by atoms with Crippen molar-refractivity contribution in [3.8, 4) is 6.07 Å². The Hall–Kier alpha value is -2.65. The van der Waals surface area contributed by atoms with Crippen LogP contribution in [-0.2, 0) is 19.4 Å². The van der Waals surface area contributed by atoms with Gasteiger partial charge in [-0.05, 0) is 24.6 Å². The second kappa shape index (κ2) is 6.34. The highest BCUT2D eigenvalue weighted by Crippen LogP contribution is 2.64. The average Bonchev–Trinajstić information content (AvgIpc) is 3.35. The van der Waals surface area contributed by atoms with Crippen molar-refractivity contribution in [2.75, 3.05) is 6.61 Å². The van der Waals surface area contributed by atoms with Gasteiger partial charge in [0.1, 0.15) is 5.25 Å². The van der Waals surface area contributed by atoms with E-state index in [0.29, 0.717) is 5.56 Å². The number of rotatable bonds is 5. The SMILES string of the molecule is CCOC(=O)C1(C#N)C(c2ccccc2)C1S(=O)(=O)c1ccccc1. The Balaban J connectivity index is 2.13. The largest absolute Gasteiger partial charge is 0.465 e. The van der Waals surface area contributed by atoms with Crippen LogP contribution in [0.5, 0.6) is 0 Å². The molecule has 0 heterocycles. The summed E-state index contributed by atoms with van der Waals surface area (Å²) in [7, 11) is -3.87. The van der Waals surface area contributed by atoms with Gasteiger partial charge >= 0.3 is 5.97 Å². The maximum atomic E-state index is 13.1. The van der Waals surface area contributed by atoms with Gasteiger partial charge in [0.05, 0.1) is 17.6 Å². The molecule has 2 aromatic rings. The van der Waals surface area contributed by atoms with Crippen molar-refractivity contribution in [3.63, 3.8) is 0 Å². The van der Waals surface area contributed by atoms with Crippen molar-refractivity contribution in [2.45, 2.75) is 23.0 Å². The molecule has 0 radical (unpaired) electrons. The normalized spacial score (nSPS) is 25.0. The standard InChI is InChI=1S/C19H17NO4S/c1-2-24-18(21)19(13-20)16(14-9-5-3-6-10-14)17(19)25(22,23)15-11-7-4-8-12-15/h3-12,16-17H,2H2,1H3. The molecule has 0 spiro atoms. The van der Waals surface area contributed by atoms with Gasteiger partial charge < -0.3 is 4.74 Å². The van der Waals surface area contributed by atoms with Crippen molar-refractivity contribution in [1.29, 1.82) is 5.26 Å². The fourth-order valence-electron chi connectivity index (χ4n) is 3.31. The van der Waals surface area contributed by atoms with E-state index >= 15 is 0 Å². The molecule has 0 amide bonds. The molecule has 0 aromatic heterocycles. The molecule has 1 saturated carbocycles. The second-order valence-electron chi connectivity index (χ2n) is 5.87. The van der Waals surface area contributed by atoms with Crippen molar-refractivity contribution in [3.05, 3.63) is 66.2 Å². The Bertz CT molecular complexity index is 919. The molecular weight excluding hydrogens is 338 g/mol. The molecule has 0 aliphatic heterocycles. The zero-order valence-electron chi connectivity index (χ0n) is 13.6. The third kappa shape index (κ3) is 2.61. The summed E-state index contributed by atoms with van der Waals surface area (Å²) in [5, 5.41) is 8.59. The highest BCUT2D eigenvalue weighted by molar-refractivity contribution is 7.92. The number of hydrogen-bond acceptors (Lipinski definition) is 5. The van der Waals surface area contributed by atoms with E-state index < -0.39 is 32.4 Å². The quantitative estimate of drug-likeness (QED) is 0.770. The molecular formula is C19H17NO4S. The minimum atomic E-state index is -3.87. The average molecular weight is 355 g/mol. The maximum absolute atomic E-state index is 13.1. The van der Waals surface area contributed by atoms with E-state index in [1.807, 2.05) is 6.07 Å². The van der Waals surface area contributed by atoms with Gasteiger partial charge in [0.15, 0.2) is 15.3 Å². The molecule has 3 rings (SSSR count). The number of ether oxygens (including phenoxy) is 1. The summed E-state index contributed by atoms with van der Waals surface area (Å²) in [4.78, 5) is 12.6. The Kier molecular flexibility index (Phi) is 4.36. The number of hydrogen-bond donors (Lipinski definition) is 0. The number of nitrogens with zero attached hydrogens (tertiary/aromatic N) is 1. The molecule has 1 aliphatic rings. The van der Waals surface area contributed by atoms with Gasteiger partial charge in [-0.15, -0.1) is 0 Å². The molecule has 128 valence electrons. The van der Waals surface area contributed by atoms with Gasteiger partial charge in [-0.3, -0.25) is 4.79 Å². The molecule has 0 bridgehead atoms. The van der Waals surface area contributed by atoms with E-state index in [-0.39, 0.29) is 11.5 Å². The minimum absolute atomic E-state index is 0.0852. The third-order valence-corrected chi connectivity index (χ3v) is 6.74. The van der Waals surface area contributed by atoms with Crippen LogP contribution in [0.1, 0.15) is 18.4 Å². The molecule has 1 fully saturated rings. The number of nitriles is 1. The number of carbonyl (C=O) groups is 1. The monoisotopic (exact) mass is 355 g/mol. The first kappa shape index (κ1) is 17.2. The van der Waals surface area contributed by atoms with Crippen LogP contribution in [-0.4, -0.2) is 26.2 Å². The van der Waals surface area contributed by atoms with Crippen LogP contribution in [0.4, 0.5) is 0 Å². The minimum Gasteiger partial charge on any atom is -0.465 e. The fraction of sp³-hybridized carbons (Fsp3) is 0.263. The molecule has 3 atom stereocenters. The lowest BCUT2D eigenvalue weighted by atomic mass is 10.0. The van der Waals surface area contributed by atoms with Gasteiger partial charge in [-0.25, -0.2) is 8.42 Å². The topological polar surface area (TPSA) is 84.2 Å². The van der Waals surface area contributed by atoms with Gasteiger partial charge in [-0.2, -0.15) is 5.26 Å². The number of esters is 1. The lowest BCUT2D eigenvalue weighted by molar-refractivity contribution is -0.147. The molecule has 3 unspecified atom stereocenters. The first-order valence-electron chi connectivity index (χ1n) is 7.92. The Morgan fingerprint density at radius 3 is 2.20 bits per heavy atom. The zero-order chi connectivity index (χ0) is 18.1. The highest BCUT2D eigenvalue weighted by Gasteiger charge is 2.77. The van der Waals surface area contributed by atoms with Crippen molar-refractivity contribution >= 4 is 15.8 Å². The van der Waals surface area contributed by atoms with Crippen LogP contribution in [0.3, 0.4) is 0 Å². The Labute approximate surface area is 146 Å². The summed E-state index contributed by atoms with van der Waals surface area (Å²) in [6, 6.07) is 18.6. The molecule has 6 heteroatoms. The molecule has 0 N–H and O–H groups in total. The molecule has 25 heavy (non-hydrogen) atoms. The summed E-state index contributed by atoms with van der Waals surface area (Å²) in [6.45, 7) is 1.71. The summed E-state index contributed by atoms with van der Waals surface area (Å²) in [5.41, 5.74) is -1.08. The third-order valence-electron chi connectivity index (χ3n) is 4.50. The first-order chi connectivity index (χ1) is 12.0. The number of benzene rings is 2. The van der Waals surface area contributed by atoms with Crippen LogP contribution in [0, 0.1) is 16.7 Å². The lowest BCUT2D eigenvalue weighted by Gasteiger charge is -2.09. The molecule has 5 nitrogen and oxygen atoms in total. The predicted octanol–water partition coefficient (Wildman–Crippen LogP) is 2.70. The Morgan fingerprint density at radius 2 is 1.68 bits per heavy atom. The van der Waals surface area contributed by atoms with Crippen LogP contribution < -0.4 is 0 Å². The second-order valence-corrected chi connectivity index (χ2v) is 7.94. The van der Waals surface area contributed by atoms with Crippen LogP contribution in [0.2, 0.25) is 0 Å². The van der Waals surface area contributed by atoms with E-state index in [2.05, 4.69) is 0 Å². The molecule has 0 saturated heterocycles. The van der Waals surface area contributed by atoms with Crippen molar-refractivity contribution in [2.24, 2.45) is 5.41 Å². The van der Waals surface area contributed by atoms with Crippen LogP contribution in [0.15, 0.2) is 65.6 Å². The van der Waals surface area contributed by atoms with Crippen molar-refractivity contribution in [1.82, 2.24) is 0 Å². The zero-order valence-corrected chi connectivity index (χ0v) is 14.4. The molecule has 2 aromatic carbocycles. The van der Waals surface area contributed by atoms with E-state index in [0.717, 1.165) is 0 Å². The van der Waals surface area contributed by atoms with E-state index in [4.69, 9.17) is 4.74 Å². The fourth-order valence-corrected chi connectivity index (χ4v) is 5.57. The number of carbonyl (C=O) groups excluding carboxylic acids is 1.